The molecule has 0 N–H and O–H groups in total. The van der Waals surface area contributed by atoms with E-state index in [9.17, 15) is 14.4 Å². The first-order valence-electron chi connectivity index (χ1n) is 33.6. The number of hydrogen-bond donors (Lipinski definition) is 0. The van der Waals surface area contributed by atoms with Gasteiger partial charge in [-0.2, -0.15) is 0 Å². The van der Waals surface area contributed by atoms with Gasteiger partial charge in [-0.05, 0) is 96.3 Å². The lowest BCUT2D eigenvalue weighted by molar-refractivity contribution is -0.167. The Kier molecular flexibility index (Phi) is 62.6. The predicted molar refractivity (Wildman–Crippen MR) is 330 cm³/mol. The first-order valence-corrected chi connectivity index (χ1v) is 33.6. The molecular formula is C70H128O6. The molecule has 0 aromatic rings. The Morgan fingerprint density at radius 1 is 0.263 bits per heavy atom. The van der Waals surface area contributed by atoms with Crippen molar-refractivity contribution >= 4 is 17.9 Å². The van der Waals surface area contributed by atoms with Crippen molar-refractivity contribution in [3.05, 3.63) is 48.6 Å². The standard InChI is InChI=1S/C70H128O6/c1-4-7-10-13-16-19-22-24-26-28-29-30-31-32-33-34-35-36-37-38-39-40-41-43-44-46-48-51-54-57-60-63-69(72)75-66-67(65-74-68(71)62-59-56-53-50-21-18-15-12-9-6-3)76-70(73)64-61-58-55-52-49-47-45-42-27-25-23-20-17-14-11-8-5-2/h12,15,17,20,25,27-29,67H,4-11,13-14,16,18-19,21-24,26,30-66H2,1-3H3/b15-12-,20-17-,27-25-,29-28-. The summed E-state index contributed by atoms with van der Waals surface area (Å²) in [5.74, 6) is -0.877. The minimum atomic E-state index is -0.779. The second-order valence-corrected chi connectivity index (χ2v) is 22.7. The van der Waals surface area contributed by atoms with Crippen LogP contribution < -0.4 is 0 Å². The van der Waals surface area contributed by atoms with E-state index in [-0.39, 0.29) is 31.1 Å². The number of allylic oxidation sites excluding steroid dienone is 8. The van der Waals surface area contributed by atoms with Crippen molar-refractivity contribution in [2.24, 2.45) is 0 Å². The number of esters is 3. The van der Waals surface area contributed by atoms with Crippen LogP contribution in [-0.2, 0) is 28.6 Å². The summed E-state index contributed by atoms with van der Waals surface area (Å²) in [5, 5.41) is 0. The average Bonchev–Trinajstić information content (AvgIpc) is 3.42. The molecule has 0 aliphatic rings. The molecule has 0 fully saturated rings. The first-order chi connectivity index (χ1) is 37.5. The zero-order valence-electron chi connectivity index (χ0n) is 51.0. The molecule has 0 aliphatic carbocycles. The minimum absolute atomic E-state index is 0.0758. The normalized spacial score (nSPS) is 12.3. The van der Waals surface area contributed by atoms with E-state index in [0.717, 1.165) is 83.5 Å². The fourth-order valence-electron chi connectivity index (χ4n) is 9.94. The van der Waals surface area contributed by atoms with Crippen molar-refractivity contribution < 1.29 is 28.6 Å². The van der Waals surface area contributed by atoms with Gasteiger partial charge >= 0.3 is 17.9 Å². The summed E-state index contributed by atoms with van der Waals surface area (Å²) < 4.78 is 16.9. The Morgan fingerprint density at radius 3 is 0.816 bits per heavy atom. The molecule has 1 atom stereocenters. The van der Waals surface area contributed by atoms with E-state index in [2.05, 4.69) is 69.4 Å². The molecule has 76 heavy (non-hydrogen) atoms. The van der Waals surface area contributed by atoms with E-state index in [1.165, 1.54) is 238 Å². The molecule has 0 bridgehead atoms. The van der Waals surface area contributed by atoms with E-state index in [0.29, 0.717) is 19.3 Å². The average molecular weight is 1070 g/mol. The van der Waals surface area contributed by atoms with Gasteiger partial charge in [0.2, 0.25) is 0 Å². The second kappa shape index (κ2) is 64.9. The summed E-state index contributed by atoms with van der Waals surface area (Å²) in [4.78, 5) is 38.2. The van der Waals surface area contributed by atoms with Crippen molar-refractivity contribution in [2.75, 3.05) is 13.2 Å². The van der Waals surface area contributed by atoms with Gasteiger partial charge in [-0.15, -0.1) is 0 Å². The van der Waals surface area contributed by atoms with Crippen LogP contribution in [-0.4, -0.2) is 37.2 Å². The summed E-state index contributed by atoms with van der Waals surface area (Å²) in [5.41, 5.74) is 0. The highest BCUT2D eigenvalue weighted by atomic mass is 16.6. The molecule has 0 aromatic heterocycles. The van der Waals surface area contributed by atoms with Crippen molar-refractivity contribution in [3.63, 3.8) is 0 Å². The fraction of sp³-hybridized carbons (Fsp3) is 0.843. The monoisotopic (exact) mass is 1060 g/mol. The number of carbonyl (C=O) groups excluding carboxylic acids is 3. The SMILES string of the molecule is CCC/C=C\CCCCCCCC(=O)OCC(COC(=O)CCCCCCCCCCCCCCCCCCCCC/C=C\CCCCCCCCCC)OC(=O)CCCCCCCCC/C=C\C/C=C\CCCCC. The maximum atomic E-state index is 12.9. The highest BCUT2D eigenvalue weighted by Gasteiger charge is 2.19. The van der Waals surface area contributed by atoms with Crippen LogP contribution >= 0.6 is 0 Å². The van der Waals surface area contributed by atoms with Gasteiger partial charge in [0, 0.05) is 19.3 Å². The van der Waals surface area contributed by atoms with Crippen LogP contribution in [0.1, 0.15) is 361 Å². The van der Waals surface area contributed by atoms with Crippen LogP contribution in [0.2, 0.25) is 0 Å². The van der Waals surface area contributed by atoms with Crippen LogP contribution in [0.15, 0.2) is 48.6 Å². The summed E-state index contributed by atoms with van der Waals surface area (Å²) >= 11 is 0. The summed E-state index contributed by atoms with van der Waals surface area (Å²) in [7, 11) is 0. The molecule has 6 nitrogen and oxygen atoms in total. The molecule has 0 amide bonds. The van der Waals surface area contributed by atoms with Gasteiger partial charge in [0.25, 0.3) is 0 Å². The fourth-order valence-corrected chi connectivity index (χ4v) is 9.94. The van der Waals surface area contributed by atoms with Crippen LogP contribution in [0.3, 0.4) is 0 Å². The zero-order valence-corrected chi connectivity index (χ0v) is 51.0. The van der Waals surface area contributed by atoms with Crippen molar-refractivity contribution in [1.29, 1.82) is 0 Å². The molecular weight excluding hydrogens is 937 g/mol. The van der Waals surface area contributed by atoms with Gasteiger partial charge < -0.3 is 14.2 Å². The lowest BCUT2D eigenvalue weighted by atomic mass is 10.0. The molecule has 0 aliphatic heterocycles. The van der Waals surface area contributed by atoms with Crippen LogP contribution in [0, 0.1) is 0 Å². The van der Waals surface area contributed by atoms with E-state index >= 15 is 0 Å². The third kappa shape index (κ3) is 62.2. The molecule has 0 radical (unpaired) electrons. The van der Waals surface area contributed by atoms with Crippen LogP contribution in [0.4, 0.5) is 0 Å². The van der Waals surface area contributed by atoms with E-state index in [1.807, 2.05) is 0 Å². The Balaban J connectivity index is 4.09. The highest BCUT2D eigenvalue weighted by Crippen LogP contribution is 2.18. The van der Waals surface area contributed by atoms with Crippen molar-refractivity contribution in [1.82, 2.24) is 0 Å². The number of rotatable bonds is 62. The molecule has 0 saturated heterocycles. The number of ether oxygens (including phenoxy) is 3. The van der Waals surface area contributed by atoms with Crippen molar-refractivity contribution in [2.45, 2.75) is 367 Å². The topological polar surface area (TPSA) is 78.9 Å². The molecule has 444 valence electrons. The van der Waals surface area contributed by atoms with Crippen LogP contribution in [0.5, 0.6) is 0 Å². The predicted octanol–water partition coefficient (Wildman–Crippen LogP) is 22.9. The summed E-state index contributed by atoms with van der Waals surface area (Å²) in [6.07, 6.45) is 81.5. The molecule has 1 unspecified atom stereocenters. The smallest absolute Gasteiger partial charge is 0.306 e. The molecule has 0 spiro atoms. The number of unbranched alkanes of at least 4 members (excludes halogenated alkanes) is 43. The molecule has 0 aromatic carbocycles. The second-order valence-electron chi connectivity index (χ2n) is 22.7. The number of hydrogen-bond acceptors (Lipinski definition) is 6. The minimum Gasteiger partial charge on any atom is -0.462 e. The Labute approximate surface area is 473 Å². The van der Waals surface area contributed by atoms with Gasteiger partial charge in [-0.25, -0.2) is 0 Å². The van der Waals surface area contributed by atoms with Gasteiger partial charge in [0.15, 0.2) is 6.10 Å². The first kappa shape index (κ1) is 73.4. The van der Waals surface area contributed by atoms with Crippen LogP contribution in [0.25, 0.3) is 0 Å². The van der Waals surface area contributed by atoms with E-state index in [4.69, 9.17) is 14.2 Å². The quantitative estimate of drug-likeness (QED) is 0.0261. The van der Waals surface area contributed by atoms with Gasteiger partial charge in [-0.3, -0.25) is 14.4 Å². The van der Waals surface area contributed by atoms with Gasteiger partial charge in [-0.1, -0.05) is 294 Å². The zero-order chi connectivity index (χ0) is 55.0. The molecule has 0 heterocycles. The Hall–Kier alpha value is -2.63. The van der Waals surface area contributed by atoms with E-state index < -0.39 is 6.10 Å². The molecule has 6 heteroatoms. The Morgan fingerprint density at radius 2 is 0.500 bits per heavy atom. The summed E-state index contributed by atoms with van der Waals surface area (Å²) in [6, 6.07) is 0. The molecule has 0 saturated carbocycles. The largest absolute Gasteiger partial charge is 0.462 e. The third-order valence-corrected chi connectivity index (χ3v) is 15.0. The summed E-state index contributed by atoms with van der Waals surface area (Å²) in [6.45, 7) is 6.59. The third-order valence-electron chi connectivity index (χ3n) is 15.0. The van der Waals surface area contributed by atoms with Crippen molar-refractivity contribution in [3.8, 4) is 0 Å². The Bertz CT molecular complexity index is 1310. The lowest BCUT2D eigenvalue weighted by Gasteiger charge is -2.18. The molecule has 0 rings (SSSR count). The van der Waals surface area contributed by atoms with Gasteiger partial charge in [0.1, 0.15) is 13.2 Å². The number of carbonyl (C=O) groups is 3. The maximum absolute atomic E-state index is 12.9. The maximum Gasteiger partial charge on any atom is 0.306 e. The lowest BCUT2D eigenvalue weighted by Crippen LogP contribution is -2.30. The highest BCUT2D eigenvalue weighted by molar-refractivity contribution is 5.71. The van der Waals surface area contributed by atoms with Gasteiger partial charge in [0.05, 0.1) is 0 Å². The van der Waals surface area contributed by atoms with E-state index in [1.54, 1.807) is 0 Å².